The van der Waals surface area contributed by atoms with Crippen LogP contribution in [-0.4, -0.2) is 15.0 Å². The summed E-state index contributed by atoms with van der Waals surface area (Å²) in [6.07, 6.45) is 7.57. The van der Waals surface area contributed by atoms with Crippen molar-refractivity contribution < 1.29 is 4.42 Å². The lowest BCUT2D eigenvalue weighted by Gasteiger charge is -2.18. The van der Waals surface area contributed by atoms with E-state index in [1.807, 2.05) is 42.5 Å². The number of rotatable bonds is 6. The molecule has 2 aromatic heterocycles. The van der Waals surface area contributed by atoms with Crippen LogP contribution in [0, 0.1) is 0 Å². The minimum absolute atomic E-state index is 0.00507. The maximum atomic E-state index is 6.55. The molecule has 250 valence electrons. The number of nitrogens with zero attached hydrogens (tertiary/aromatic N) is 3. The fourth-order valence-electron chi connectivity index (χ4n) is 7.67. The van der Waals surface area contributed by atoms with Crippen molar-refractivity contribution in [2.75, 3.05) is 0 Å². The minimum Gasteiger partial charge on any atom is -0.456 e. The summed E-state index contributed by atoms with van der Waals surface area (Å²) >= 11 is 0. The fraction of sp³-hybridized carbons (Fsp3) is 0.0408. The van der Waals surface area contributed by atoms with Gasteiger partial charge in [0.2, 0.25) is 0 Å². The average molecular weight is 680 g/mol. The van der Waals surface area contributed by atoms with E-state index < -0.39 is 0 Å². The van der Waals surface area contributed by atoms with Crippen LogP contribution in [0.1, 0.15) is 23.7 Å². The second-order valence-electron chi connectivity index (χ2n) is 13.5. The van der Waals surface area contributed by atoms with E-state index in [0.29, 0.717) is 11.6 Å². The lowest BCUT2D eigenvalue weighted by molar-refractivity contribution is 0.669. The predicted molar refractivity (Wildman–Crippen MR) is 217 cm³/mol. The molecular formula is C49H33N3O. The van der Waals surface area contributed by atoms with E-state index in [9.17, 15) is 0 Å². The first-order chi connectivity index (χ1) is 26.3. The molecule has 1 unspecified atom stereocenters. The monoisotopic (exact) mass is 679 g/mol. The van der Waals surface area contributed by atoms with E-state index in [4.69, 9.17) is 19.4 Å². The van der Waals surface area contributed by atoms with Gasteiger partial charge >= 0.3 is 0 Å². The van der Waals surface area contributed by atoms with Gasteiger partial charge in [-0.2, -0.15) is 0 Å². The molecule has 0 saturated carbocycles. The van der Waals surface area contributed by atoms with Crippen molar-refractivity contribution in [1.82, 2.24) is 15.0 Å². The number of hydrogen-bond acceptors (Lipinski definition) is 4. The second kappa shape index (κ2) is 13.0. The average Bonchev–Trinajstić information content (AvgIpc) is 3.63. The van der Waals surface area contributed by atoms with E-state index in [0.717, 1.165) is 56.4 Å². The highest BCUT2D eigenvalue weighted by Crippen LogP contribution is 2.42. The quantitative estimate of drug-likeness (QED) is 0.175. The van der Waals surface area contributed by atoms with Crippen LogP contribution in [0.25, 0.3) is 83.3 Å². The number of aromatic nitrogens is 3. The van der Waals surface area contributed by atoms with Gasteiger partial charge in [-0.1, -0.05) is 164 Å². The van der Waals surface area contributed by atoms with E-state index in [1.165, 1.54) is 33.0 Å². The van der Waals surface area contributed by atoms with Crippen LogP contribution >= 0.6 is 0 Å². The van der Waals surface area contributed by atoms with Crippen LogP contribution in [0.15, 0.2) is 186 Å². The summed E-state index contributed by atoms with van der Waals surface area (Å²) in [4.78, 5) is 15.5. The van der Waals surface area contributed by atoms with Crippen LogP contribution in [0.2, 0.25) is 0 Å². The molecule has 2 heterocycles. The van der Waals surface area contributed by atoms with Gasteiger partial charge in [0.15, 0.2) is 11.6 Å². The van der Waals surface area contributed by atoms with Crippen LogP contribution in [0.4, 0.5) is 0 Å². The number of benzene rings is 7. The largest absolute Gasteiger partial charge is 0.456 e. The molecule has 0 N–H and O–H groups in total. The number of furan rings is 1. The molecule has 10 rings (SSSR count). The highest BCUT2D eigenvalue weighted by Gasteiger charge is 2.23. The Balaban J connectivity index is 1.11. The van der Waals surface area contributed by atoms with Crippen LogP contribution in [0.5, 0.6) is 0 Å². The molecule has 0 saturated heterocycles. The van der Waals surface area contributed by atoms with Crippen LogP contribution < -0.4 is 0 Å². The molecule has 0 radical (unpaired) electrons. The number of allylic oxidation sites excluding steroid dienone is 4. The van der Waals surface area contributed by atoms with Gasteiger partial charge in [0, 0.05) is 27.8 Å². The molecule has 0 spiro atoms. The van der Waals surface area contributed by atoms with Gasteiger partial charge in [0.25, 0.3) is 0 Å². The molecule has 53 heavy (non-hydrogen) atoms. The Morgan fingerprint density at radius 2 is 1.08 bits per heavy atom. The molecule has 0 bridgehead atoms. The summed E-state index contributed by atoms with van der Waals surface area (Å²) in [7, 11) is 0. The van der Waals surface area contributed by atoms with Gasteiger partial charge in [-0.15, -0.1) is 0 Å². The standard InChI is InChI=1S/C49H33N3O/c1-3-13-32(14-4-1)37-19-9-20-38(31-37)41-23-11-25-43-45(41)46-42(24-12-26-44(46)53-43)49-51-47(35-16-5-2-6-17-35)50-48(52-49)36-29-27-34(28-30-36)40-22-10-18-33-15-7-8-21-39(33)40/h1-29,31,36H,30H2. The Labute approximate surface area is 307 Å². The van der Waals surface area contributed by atoms with Gasteiger partial charge in [0.1, 0.15) is 17.0 Å². The molecule has 9 aromatic rings. The van der Waals surface area contributed by atoms with Gasteiger partial charge in [0.05, 0.1) is 0 Å². The summed E-state index contributed by atoms with van der Waals surface area (Å²) < 4.78 is 6.55. The van der Waals surface area contributed by atoms with Crippen LogP contribution in [0.3, 0.4) is 0 Å². The molecule has 1 aliphatic rings. The molecule has 0 fully saturated rings. The molecule has 4 nitrogen and oxygen atoms in total. The van der Waals surface area contributed by atoms with Gasteiger partial charge in [-0.25, -0.2) is 15.0 Å². The van der Waals surface area contributed by atoms with E-state index in [2.05, 4.69) is 140 Å². The molecule has 1 atom stereocenters. The van der Waals surface area contributed by atoms with Gasteiger partial charge in [-0.3, -0.25) is 0 Å². The maximum absolute atomic E-state index is 6.55. The zero-order valence-electron chi connectivity index (χ0n) is 28.9. The van der Waals surface area contributed by atoms with Crippen molar-refractivity contribution in [3.63, 3.8) is 0 Å². The summed E-state index contributed by atoms with van der Waals surface area (Å²) in [6, 6.07) is 56.9. The summed E-state index contributed by atoms with van der Waals surface area (Å²) in [5.41, 5.74) is 10.5. The van der Waals surface area contributed by atoms with E-state index >= 15 is 0 Å². The number of fused-ring (bicyclic) bond motifs is 4. The minimum atomic E-state index is -0.00507. The molecule has 0 aliphatic heterocycles. The highest BCUT2D eigenvalue weighted by molar-refractivity contribution is 6.17. The van der Waals surface area contributed by atoms with Crippen molar-refractivity contribution in [1.29, 1.82) is 0 Å². The Bertz CT molecular complexity index is 2860. The van der Waals surface area contributed by atoms with Crippen molar-refractivity contribution in [3.05, 3.63) is 193 Å². The Morgan fingerprint density at radius 3 is 1.87 bits per heavy atom. The lowest BCUT2D eigenvalue weighted by Crippen LogP contribution is -2.08. The van der Waals surface area contributed by atoms with Crippen molar-refractivity contribution >= 4 is 38.3 Å². The van der Waals surface area contributed by atoms with E-state index in [-0.39, 0.29) is 5.92 Å². The zero-order chi connectivity index (χ0) is 35.1. The number of hydrogen-bond donors (Lipinski definition) is 0. The first kappa shape index (κ1) is 30.9. The first-order valence-corrected chi connectivity index (χ1v) is 18.1. The third-order valence-electron chi connectivity index (χ3n) is 10.3. The third kappa shape index (κ3) is 5.62. The summed E-state index contributed by atoms with van der Waals surface area (Å²) in [6.45, 7) is 0. The van der Waals surface area contributed by atoms with Crippen molar-refractivity contribution in [2.24, 2.45) is 0 Å². The topological polar surface area (TPSA) is 51.8 Å². The Kier molecular flexibility index (Phi) is 7.58. The fourth-order valence-corrected chi connectivity index (χ4v) is 7.67. The normalized spacial score (nSPS) is 14.2. The molecule has 7 aromatic carbocycles. The first-order valence-electron chi connectivity index (χ1n) is 18.1. The Morgan fingerprint density at radius 1 is 0.472 bits per heavy atom. The van der Waals surface area contributed by atoms with E-state index in [1.54, 1.807) is 0 Å². The lowest BCUT2D eigenvalue weighted by atomic mass is 9.90. The maximum Gasteiger partial charge on any atom is 0.164 e. The van der Waals surface area contributed by atoms with Crippen LogP contribution in [-0.2, 0) is 0 Å². The molecular weight excluding hydrogens is 647 g/mol. The predicted octanol–water partition coefficient (Wildman–Crippen LogP) is 12.7. The molecule has 1 aliphatic carbocycles. The second-order valence-corrected chi connectivity index (χ2v) is 13.5. The smallest absolute Gasteiger partial charge is 0.164 e. The van der Waals surface area contributed by atoms with Crippen molar-refractivity contribution in [3.8, 4) is 45.0 Å². The van der Waals surface area contributed by atoms with Crippen molar-refractivity contribution in [2.45, 2.75) is 12.3 Å². The summed E-state index contributed by atoms with van der Waals surface area (Å²) in [5, 5.41) is 4.54. The molecule has 4 heteroatoms. The zero-order valence-corrected chi connectivity index (χ0v) is 28.9. The highest BCUT2D eigenvalue weighted by atomic mass is 16.3. The summed E-state index contributed by atoms with van der Waals surface area (Å²) in [5.74, 6) is 2.03. The van der Waals surface area contributed by atoms with Gasteiger partial charge in [-0.05, 0) is 68.8 Å². The van der Waals surface area contributed by atoms with Gasteiger partial charge < -0.3 is 4.42 Å². The Hall–Kier alpha value is -6.91. The SMILES string of the molecule is C1=CC(c2nc(-c3ccccc3)nc(-c3cccc4oc5cccc(-c6cccc(-c7ccccc7)c6)c5c34)n2)CC=C1c1cccc2ccccc12. The third-order valence-corrected chi connectivity index (χ3v) is 10.3. The molecule has 0 amide bonds.